The molecule has 0 aliphatic carbocycles. The third kappa shape index (κ3) is 7.27. The number of nitrogens with two attached hydrogens (primary N) is 1. The standard InChI is InChI=1S/C13H26N2O3/c1-9(8-14)5-6-11(16)15-10(7-12(17)18)13(2,3)4/h9-10H,5-8,14H2,1-4H3,(H,15,16)(H,17,18). The zero-order chi connectivity index (χ0) is 14.3. The molecule has 0 aliphatic heterocycles. The topological polar surface area (TPSA) is 92.4 Å². The van der Waals surface area contributed by atoms with Gasteiger partial charge in [0, 0.05) is 12.5 Å². The van der Waals surface area contributed by atoms with Crippen LogP contribution in [0.2, 0.25) is 0 Å². The van der Waals surface area contributed by atoms with Crippen LogP contribution in [0.25, 0.3) is 0 Å². The van der Waals surface area contributed by atoms with Crippen LogP contribution in [0, 0.1) is 11.3 Å². The number of hydrogen-bond donors (Lipinski definition) is 3. The summed E-state index contributed by atoms with van der Waals surface area (Å²) in [7, 11) is 0. The largest absolute Gasteiger partial charge is 0.481 e. The molecule has 0 radical (unpaired) electrons. The molecule has 4 N–H and O–H groups in total. The van der Waals surface area contributed by atoms with Crippen LogP contribution in [0.1, 0.15) is 47.0 Å². The van der Waals surface area contributed by atoms with Crippen LogP contribution in [-0.2, 0) is 9.59 Å². The predicted octanol–water partition coefficient (Wildman–Crippen LogP) is 1.37. The maximum absolute atomic E-state index is 11.8. The molecule has 0 fully saturated rings. The first-order valence-corrected chi connectivity index (χ1v) is 6.38. The monoisotopic (exact) mass is 258 g/mol. The summed E-state index contributed by atoms with van der Waals surface area (Å²) in [6, 6.07) is -0.351. The van der Waals surface area contributed by atoms with Gasteiger partial charge in [0.2, 0.25) is 5.91 Å². The van der Waals surface area contributed by atoms with E-state index in [1.807, 2.05) is 27.7 Å². The third-order valence-corrected chi connectivity index (χ3v) is 3.03. The Balaban J connectivity index is 4.32. The summed E-state index contributed by atoms with van der Waals surface area (Å²) in [5.74, 6) is -0.690. The maximum Gasteiger partial charge on any atom is 0.305 e. The van der Waals surface area contributed by atoms with Crippen molar-refractivity contribution in [2.24, 2.45) is 17.1 Å². The molecule has 0 aromatic carbocycles. The number of carbonyl (C=O) groups is 2. The zero-order valence-corrected chi connectivity index (χ0v) is 11.8. The average Bonchev–Trinajstić information content (AvgIpc) is 2.23. The van der Waals surface area contributed by atoms with Crippen LogP contribution in [0.15, 0.2) is 0 Å². The Morgan fingerprint density at radius 1 is 1.33 bits per heavy atom. The molecule has 2 unspecified atom stereocenters. The molecular formula is C13H26N2O3. The molecule has 2 atom stereocenters. The summed E-state index contributed by atoms with van der Waals surface area (Å²) < 4.78 is 0. The molecule has 0 bridgehead atoms. The van der Waals surface area contributed by atoms with Crippen LogP contribution < -0.4 is 11.1 Å². The first kappa shape index (κ1) is 16.9. The van der Waals surface area contributed by atoms with Gasteiger partial charge in [0.25, 0.3) is 0 Å². The van der Waals surface area contributed by atoms with Crippen molar-refractivity contribution in [1.29, 1.82) is 0 Å². The van der Waals surface area contributed by atoms with E-state index in [2.05, 4.69) is 5.32 Å². The smallest absolute Gasteiger partial charge is 0.305 e. The first-order chi connectivity index (χ1) is 8.16. The van der Waals surface area contributed by atoms with Gasteiger partial charge in [-0.05, 0) is 24.3 Å². The molecule has 0 aromatic rings. The predicted molar refractivity (Wildman–Crippen MR) is 71.1 cm³/mol. The number of aliphatic carboxylic acids is 1. The van der Waals surface area contributed by atoms with Gasteiger partial charge in [0.05, 0.1) is 6.42 Å². The highest BCUT2D eigenvalue weighted by Crippen LogP contribution is 2.22. The minimum absolute atomic E-state index is 0.0539. The first-order valence-electron chi connectivity index (χ1n) is 6.38. The van der Waals surface area contributed by atoms with E-state index in [0.29, 0.717) is 18.9 Å². The maximum atomic E-state index is 11.8. The van der Waals surface area contributed by atoms with E-state index in [4.69, 9.17) is 10.8 Å². The molecule has 0 saturated carbocycles. The molecule has 0 aliphatic rings. The van der Waals surface area contributed by atoms with Crippen LogP contribution in [0.3, 0.4) is 0 Å². The fourth-order valence-corrected chi connectivity index (χ4v) is 1.51. The molecule has 5 nitrogen and oxygen atoms in total. The van der Waals surface area contributed by atoms with E-state index in [1.54, 1.807) is 0 Å². The van der Waals surface area contributed by atoms with Crippen molar-refractivity contribution >= 4 is 11.9 Å². The van der Waals surface area contributed by atoms with Crippen LogP contribution in [0.4, 0.5) is 0 Å². The molecule has 106 valence electrons. The highest BCUT2D eigenvalue weighted by atomic mass is 16.4. The Morgan fingerprint density at radius 3 is 2.28 bits per heavy atom. The average molecular weight is 258 g/mol. The Bertz CT molecular complexity index is 284. The summed E-state index contributed by atoms with van der Waals surface area (Å²) in [6.45, 7) is 8.31. The Hall–Kier alpha value is -1.10. The number of rotatable bonds is 7. The summed E-state index contributed by atoms with van der Waals surface area (Å²) in [4.78, 5) is 22.5. The zero-order valence-electron chi connectivity index (χ0n) is 11.8. The lowest BCUT2D eigenvalue weighted by atomic mass is 9.84. The lowest BCUT2D eigenvalue weighted by Crippen LogP contribution is -2.45. The number of hydrogen-bond acceptors (Lipinski definition) is 3. The van der Waals surface area contributed by atoms with E-state index < -0.39 is 5.97 Å². The van der Waals surface area contributed by atoms with Crippen molar-refractivity contribution in [2.45, 2.75) is 53.0 Å². The second-order valence-electron chi connectivity index (χ2n) is 5.96. The van der Waals surface area contributed by atoms with E-state index in [1.165, 1.54) is 0 Å². The van der Waals surface area contributed by atoms with Gasteiger partial charge < -0.3 is 16.2 Å². The van der Waals surface area contributed by atoms with Crippen molar-refractivity contribution in [3.63, 3.8) is 0 Å². The number of carboxylic acids is 1. The van der Waals surface area contributed by atoms with Gasteiger partial charge in [0.15, 0.2) is 0 Å². The van der Waals surface area contributed by atoms with Gasteiger partial charge >= 0.3 is 5.97 Å². The van der Waals surface area contributed by atoms with Gasteiger partial charge in [0.1, 0.15) is 0 Å². The lowest BCUT2D eigenvalue weighted by Gasteiger charge is -2.30. The number of nitrogens with one attached hydrogen (secondary N) is 1. The van der Waals surface area contributed by atoms with Gasteiger partial charge in [-0.1, -0.05) is 27.7 Å². The molecular weight excluding hydrogens is 232 g/mol. The van der Waals surface area contributed by atoms with Crippen molar-refractivity contribution in [3.8, 4) is 0 Å². The molecule has 0 saturated heterocycles. The minimum atomic E-state index is -0.898. The van der Waals surface area contributed by atoms with E-state index in [0.717, 1.165) is 6.42 Å². The molecule has 0 heterocycles. The highest BCUT2D eigenvalue weighted by Gasteiger charge is 2.28. The number of amides is 1. The molecule has 0 rings (SSSR count). The molecule has 0 spiro atoms. The van der Waals surface area contributed by atoms with E-state index in [-0.39, 0.29) is 23.8 Å². The lowest BCUT2D eigenvalue weighted by molar-refractivity contribution is -0.138. The normalized spacial score (nSPS) is 14.9. The van der Waals surface area contributed by atoms with Crippen LogP contribution in [-0.4, -0.2) is 29.6 Å². The van der Waals surface area contributed by atoms with Gasteiger partial charge in [-0.15, -0.1) is 0 Å². The van der Waals surface area contributed by atoms with Gasteiger partial charge in [-0.2, -0.15) is 0 Å². The van der Waals surface area contributed by atoms with Crippen molar-refractivity contribution in [3.05, 3.63) is 0 Å². The number of carboxylic acid groups (broad SMARTS) is 1. The van der Waals surface area contributed by atoms with Gasteiger partial charge in [-0.25, -0.2) is 0 Å². The molecule has 18 heavy (non-hydrogen) atoms. The highest BCUT2D eigenvalue weighted by molar-refractivity contribution is 5.77. The van der Waals surface area contributed by atoms with E-state index in [9.17, 15) is 9.59 Å². The van der Waals surface area contributed by atoms with Crippen molar-refractivity contribution in [1.82, 2.24) is 5.32 Å². The second kappa shape index (κ2) is 7.36. The SMILES string of the molecule is CC(CN)CCC(=O)NC(CC(=O)O)C(C)(C)C. The Kier molecular flexibility index (Phi) is 6.91. The van der Waals surface area contributed by atoms with Crippen molar-refractivity contribution < 1.29 is 14.7 Å². The summed E-state index contributed by atoms with van der Waals surface area (Å²) in [5, 5.41) is 11.7. The fraction of sp³-hybridized carbons (Fsp3) is 0.846. The van der Waals surface area contributed by atoms with Crippen LogP contribution >= 0.6 is 0 Å². The third-order valence-electron chi connectivity index (χ3n) is 3.03. The van der Waals surface area contributed by atoms with E-state index >= 15 is 0 Å². The Morgan fingerprint density at radius 2 is 1.89 bits per heavy atom. The minimum Gasteiger partial charge on any atom is -0.481 e. The van der Waals surface area contributed by atoms with Gasteiger partial charge in [-0.3, -0.25) is 9.59 Å². The van der Waals surface area contributed by atoms with Crippen LogP contribution in [0.5, 0.6) is 0 Å². The second-order valence-corrected chi connectivity index (χ2v) is 5.96. The quantitative estimate of drug-likeness (QED) is 0.643. The summed E-state index contributed by atoms with van der Waals surface area (Å²) in [5.41, 5.74) is 5.21. The summed E-state index contributed by atoms with van der Waals surface area (Å²) >= 11 is 0. The summed E-state index contributed by atoms with van der Waals surface area (Å²) in [6.07, 6.45) is 1.07. The Labute approximate surface area is 109 Å². The molecule has 5 heteroatoms. The molecule has 1 amide bonds. The number of carbonyl (C=O) groups excluding carboxylic acids is 1. The van der Waals surface area contributed by atoms with Crippen molar-refractivity contribution in [2.75, 3.05) is 6.54 Å². The molecule has 0 aromatic heterocycles. The fourth-order valence-electron chi connectivity index (χ4n) is 1.51.